The van der Waals surface area contributed by atoms with Crippen LogP contribution in [0.25, 0.3) is 0 Å². The summed E-state index contributed by atoms with van der Waals surface area (Å²) < 4.78 is 0. The van der Waals surface area contributed by atoms with Crippen molar-refractivity contribution in [1.29, 1.82) is 0 Å². The third-order valence-corrected chi connectivity index (χ3v) is 4.47. The average Bonchev–Trinajstić information content (AvgIpc) is 2.90. The van der Waals surface area contributed by atoms with E-state index in [1.165, 1.54) is 16.2 Å². The Morgan fingerprint density at radius 2 is 2.28 bits per heavy atom. The molecular formula is C13H17NO3S. The summed E-state index contributed by atoms with van der Waals surface area (Å²) in [5, 5.41) is 11.1. The van der Waals surface area contributed by atoms with Crippen molar-refractivity contribution in [2.45, 2.75) is 38.1 Å². The van der Waals surface area contributed by atoms with Crippen molar-refractivity contribution >= 4 is 23.2 Å². The first-order valence-corrected chi connectivity index (χ1v) is 7.06. The lowest BCUT2D eigenvalue weighted by Gasteiger charge is -2.34. The Labute approximate surface area is 110 Å². The van der Waals surface area contributed by atoms with Gasteiger partial charge in [-0.2, -0.15) is 0 Å². The summed E-state index contributed by atoms with van der Waals surface area (Å²) in [7, 11) is 0. The zero-order chi connectivity index (χ0) is 13.1. The first kappa shape index (κ1) is 13.1. The molecule has 4 nitrogen and oxygen atoms in total. The second kappa shape index (κ2) is 5.52. The third-order valence-electron chi connectivity index (χ3n) is 3.41. The molecule has 2 atom stereocenters. The van der Waals surface area contributed by atoms with E-state index in [0.29, 0.717) is 13.0 Å². The fourth-order valence-electron chi connectivity index (χ4n) is 2.36. The Morgan fingerprint density at radius 3 is 2.89 bits per heavy atom. The van der Waals surface area contributed by atoms with Crippen LogP contribution in [0, 0.1) is 0 Å². The first-order valence-electron chi connectivity index (χ1n) is 6.18. The minimum atomic E-state index is -0.888. The molecule has 2 unspecified atom stereocenters. The Bertz CT molecular complexity index is 429. The fourth-order valence-corrected chi connectivity index (χ4v) is 3.14. The number of carbonyl (C=O) groups excluding carboxylic acids is 1. The number of hydrogen-bond acceptors (Lipinski definition) is 3. The average molecular weight is 267 g/mol. The highest BCUT2D eigenvalue weighted by Crippen LogP contribution is 2.26. The predicted molar refractivity (Wildman–Crippen MR) is 69.7 cm³/mol. The number of rotatable bonds is 3. The highest BCUT2D eigenvalue weighted by Gasteiger charge is 2.34. The maximum atomic E-state index is 12.4. The van der Waals surface area contributed by atoms with E-state index in [1.807, 2.05) is 24.4 Å². The van der Waals surface area contributed by atoms with Crippen molar-refractivity contribution in [2.75, 3.05) is 6.54 Å². The van der Waals surface area contributed by atoms with Crippen molar-refractivity contribution in [2.24, 2.45) is 0 Å². The molecule has 1 aromatic heterocycles. The van der Waals surface area contributed by atoms with Crippen LogP contribution in [-0.2, 0) is 9.59 Å². The summed E-state index contributed by atoms with van der Waals surface area (Å²) in [6, 6.07) is 3.19. The molecule has 2 heterocycles. The van der Waals surface area contributed by atoms with E-state index in [0.717, 1.165) is 17.7 Å². The summed E-state index contributed by atoms with van der Waals surface area (Å²) in [6.45, 7) is 2.41. The van der Waals surface area contributed by atoms with Crippen LogP contribution in [-0.4, -0.2) is 34.5 Å². The molecule has 0 radical (unpaired) electrons. The van der Waals surface area contributed by atoms with E-state index in [-0.39, 0.29) is 11.8 Å². The monoisotopic (exact) mass is 267 g/mol. The van der Waals surface area contributed by atoms with E-state index in [9.17, 15) is 14.7 Å². The zero-order valence-corrected chi connectivity index (χ0v) is 11.2. The second-order valence-electron chi connectivity index (χ2n) is 4.62. The van der Waals surface area contributed by atoms with E-state index in [2.05, 4.69) is 0 Å². The maximum absolute atomic E-state index is 12.4. The van der Waals surface area contributed by atoms with Gasteiger partial charge in [0.25, 0.3) is 0 Å². The van der Waals surface area contributed by atoms with Crippen molar-refractivity contribution in [1.82, 2.24) is 4.90 Å². The van der Waals surface area contributed by atoms with E-state index >= 15 is 0 Å². The van der Waals surface area contributed by atoms with Crippen LogP contribution in [0.2, 0.25) is 0 Å². The highest BCUT2D eigenvalue weighted by molar-refractivity contribution is 7.10. The van der Waals surface area contributed by atoms with Gasteiger partial charge in [-0.15, -0.1) is 11.3 Å². The van der Waals surface area contributed by atoms with Gasteiger partial charge in [-0.05, 0) is 37.6 Å². The molecule has 1 N–H and O–H groups in total. The second-order valence-corrected chi connectivity index (χ2v) is 5.60. The van der Waals surface area contributed by atoms with Gasteiger partial charge in [0, 0.05) is 11.4 Å². The number of aliphatic carboxylic acids is 1. The lowest BCUT2D eigenvalue weighted by atomic mass is 9.99. The summed E-state index contributed by atoms with van der Waals surface area (Å²) in [4.78, 5) is 26.1. The van der Waals surface area contributed by atoms with Gasteiger partial charge in [0.15, 0.2) is 0 Å². The Kier molecular flexibility index (Phi) is 4.01. The molecule has 18 heavy (non-hydrogen) atoms. The Morgan fingerprint density at radius 1 is 1.50 bits per heavy atom. The fraction of sp³-hybridized carbons (Fsp3) is 0.538. The Balaban J connectivity index is 2.13. The molecule has 0 saturated carbocycles. The molecule has 0 aromatic carbocycles. The van der Waals surface area contributed by atoms with Gasteiger partial charge in [-0.1, -0.05) is 6.07 Å². The van der Waals surface area contributed by atoms with Crippen molar-refractivity contribution in [3.63, 3.8) is 0 Å². The van der Waals surface area contributed by atoms with Crippen LogP contribution in [0.1, 0.15) is 37.0 Å². The lowest BCUT2D eigenvalue weighted by Crippen LogP contribution is -2.49. The van der Waals surface area contributed by atoms with Gasteiger partial charge in [-0.3, -0.25) is 4.79 Å². The molecule has 0 bridgehead atoms. The lowest BCUT2D eigenvalue weighted by molar-refractivity contribution is -0.152. The number of thiophene rings is 1. The van der Waals surface area contributed by atoms with Gasteiger partial charge >= 0.3 is 5.97 Å². The number of nitrogens with zero attached hydrogens (tertiary/aromatic N) is 1. The molecule has 1 aliphatic heterocycles. The largest absolute Gasteiger partial charge is 0.480 e. The van der Waals surface area contributed by atoms with Gasteiger partial charge in [0.1, 0.15) is 6.04 Å². The standard InChI is InChI=1S/C13H17NO3S/c1-9(11-6-4-8-18-11)12(15)14-7-3-2-5-10(14)13(16)17/h4,6,8-10H,2-3,5,7H2,1H3,(H,16,17). The van der Waals surface area contributed by atoms with Gasteiger partial charge in [-0.25, -0.2) is 4.79 Å². The number of piperidine rings is 1. The molecular weight excluding hydrogens is 250 g/mol. The summed E-state index contributed by atoms with van der Waals surface area (Å²) in [5.41, 5.74) is 0. The van der Waals surface area contributed by atoms with E-state index in [4.69, 9.17) is 0 Å². The smallest absolute Gasteiger partial charge is 0.326 e. The number of carboxylic acids is 1. The van der Waals surface area contributed by atoms with Crippen LogP contribution in [0.4, 0.5) is 0 Å². The van der Waals surface area contributed by atoms with Gasteiger partial charge in [0.05, 0.1) is 5.92 Å². The SMILES string of the molecule is CC(C(=O)N1CCCCC1C(=O)O)c1cccs1. The molecule has 2 rings (SSSR count). The maximum Gasteiger partial charge on any atom is 0.326 e. The third kappa shape index (κ3) is 2.56. The van der Waals surface area contributed by atoms with Crippen molar-refractivity contribution < 1.29 is 14.7 Å². The summed E-state index contributed by atoms with van der Waals surface area (Å²) in [5.74, 6) is -1.20. The number of amides is 1. The number of carboxylic acid groups (broad SMARTS) is 1. The normalized spacial score (nSPS) is 21.6. The quantitative estimate of drug-likeness (QED) is 0.914. The van der Waals surface area contributed by atoms with E-state index in [1.54, 1.807) is 0 Å². The summed E-state index contributed by atoms with van der Waals surface area (Å²) in [6.07, 6.45) is 2.35. The van der Waals surface area contributed by atoms with Crippen molar-refractivity contribution in [3.05, 3.63) is 22.4 Å². The van der Waals surface area contributed by atoms with Crippen LogP contribution >= 0.6 is 11.3 Å². The molecule has 1 amide bonds. The number of carbonyl (C=O) groups is 2. The molecule has 5 heteroatoms. The first-order chi connectivity index (χ1) is 8.61. The topological polar surface area (TPSA) is 57.6 Å². The molecule has 1 aliphatic rings. The zero-order valence-electron chi connectivity index (χ0n) is 10.3. The number of hydrogen-bond donors (Lipinski definition) is 1. The molecule has 1 saturated heterocycles. The van der Waals surface area contributed by atoms with E-state index < -0.39 is 12.0 Å². The van der Waals surface area contributed by atoms with Gasteiger partial charge < -0.3 is 10.0 Å². The van der Waals surface area contributed by atoms with Crippen LogP contribution in [0.5, 0.6) is 0 Å². The van der Waals surface area contributed by atoms with Crippen molar-refractivity contribution in [3.8, 4) is 0 Å². The number of likely N-dealkylation sites (tertiary alicyclic amines) is 1. The molecule has 1 aromatic rings. The Hall–Kier alpha value is -1.36. The highest BCUT2D eigenvalue weighted by atomic mass is 32.1. The molecule has 98 valence electrons. The molecule has 0 spiro atoms. The van der Waals surface area contributed by atoms with Crippen LogP contribution in [0.3, 0.4) is 0 Å². The minimum Gasteiger partial charge on any atom is -0.480 e. The van der Waals surface area contributed by atoms with Crippen LogP contribution in [0.15, 0.2) is 17.5 Å². The van der Waals surface area contributed by atoms with Gasteiger partial charge in [0.2, 0.25) is 5.91 Å². The molecule has 0 aliphatic carbocycles. The molecule has 1 fully saturated rings. The summed E-state index contributed by atoms with van der Waals surface area (Å²) >= 11 is 1.54. The predicted octanol–water partition coefficient (Wildman–Crippen LogP) is 2.32. The van der Waals surface area contributed by atoms with Crippen LogP contribution < -0.4 is 0 Å². The minimum absolute atomic E-state index is 0.0652.